The molecule has 7 heteroatoms. The Morgan fingerprint density at radius 2 is 1.76 bits per heavy atom. The molecule has 4 nitrogen and oxygen atoms in total. The van der Waals surface area contributed by atoms with Crippen LogP contribution < -0.4 is 0 Å². The van der Waals surface area contributed by atoms with E-state index in [0.717, 1.165) is 42.8 Å². The standard InChI is InChI=1S/C31H43Cl2NO3Si/c1-30(2,3)38(5,6)37-26-15-14-25(17-26)34-20-31(4,19-28(35)36)18-27(22-8-7-9-24(33)16-22)29(34)21-10-12-23(32)13-11-21/h7-13,16,25-27,29H,14-15,17-20H2,1-6H3,(H,35,36)/t25?,26?,27-,29-,31?/m1/s1. The first kappa shape index (κ1) is 29.6. The Bertz CT molecular complexity index is 1130. The van der Waals surface area contributed by atoms with Crippen molar-refractivity contribution in [2.24, 2.45) is 5.41 Å². The lowest BCUT2D eigenvalue weighted by molar-refractivity contribution is -0.141. The van der Waals surface area contributed by atoms with Crippen molar-refractivity contribution in [3.05, 3.63) is 69.7 Å². The van der Waals surface area contributed by atoms with Gasteiger partial charge in [0.2, 0.25) is 0 Å². The van der Waals surface area contributed by atoms with Gasteiger partial charge in [0.1, 0.15) is 0 Å². The van der Waals surface area contributed by atoms with Gasteiger partial charge in [-0.15, -0.1) is 0 Å². The van der Waals surface area contributed by atoms with E-state index in [1.165, 1.54) is 5.56 Å². The zero-order valence-electron chi connectivity index (χ0n) is 23.6. The second-order valence-corrected chi connectivity index (χ2v) is 19.0. The summed E-state index contributed by atoms with van der Waals surface area (Å²) in [4.78, 5) is 14.6. The Labute approximate surface area is 239 Å². The normalized spacial score (nSPS) is 28.9. The van der Waals surface area contributed by atoms with Crippen LogP contribution in [-0.4, -0.2) is 43.0 Å². The molecule has 5 atom stereocenters. The first-order valence-corrected chi connectivity index (χ1v) is 17.5. The molecule has 1 aliphatic heterocycles. The highest BCUT2D eigenvalue weighted by Gasteiger charge is 2.49. The van der Waals surface area contributed by atoms with E-state index in [9.17, 15) is 9.90 Å². The minimum Gasteiger partial charge on any atom is -0.481 e. The fraction of sp³-hybridized carbons (Fsp3) is 0.581. The van der Waals surface area contributed by atoms with Crippen LogP contribution in [0.3, 0.4) is 0 Å². The summed E-state index contributed by atoms with van der Waals surface area (Å²) in [6.07, 6.45) is 4.23. The van der Waals surface area contributed by atoms with Crippen LogP contribution in [0.4, 0.5) is 0 Å². The van der Waals surface area contributed by atoms with Crippen molar-refractivity contribution in [2.45, 2.75) is 102 Å². The van der Waals surface area contributed by atoms with Crippen molar-refractivity contribution in [2.75, 3.05) is 6.54 Å². The molecule has 3 unspecified atom stereocenters. The van der Waals surface area contributed by atoms with E-state index in [1.807, 2.05) is 24.3 Å². The van der Waals surface area contributed by atoms with E-state index in [1.54, 1.807) is 0 Å². The molecule has 0 amide bonds. The summed E-state index contributed by atoms with van der Waals surface area (Å²) in [6.45, 7) is 14.4. The second-order valence-electron chi connectivity index (χ2n) is 13.4. The van der Waals surface area contributed by atoms with Gasteiger partial charge in [0.25, 0.3) is 0 Å². The largest absolute Gasteiger partial charge is 0.481 e. The van der Waals surface area contributed by atoms with Gasteiger partial charge in [-0.05, 0) is 84.6 Å². The summed E-state index contributed by atoms with van der Waals surface area (Å²) < 4.78 is 6.87. The third-order valence-electron chi connectivity index (χ3n) is 9.18. The van der Waals surface area contributed by atoms with Crippen LogP contribution in [0, 0.1) is 5.41 Å². The van der Waals surface area contributed by atoms with E-state index in [-0.39, 0.29) is 34.9 Å². The second kappa shape index (κ2) is 11.2. The monoisotopic (exact) mass is 575 g/mol. The first-order valence-electron chi connectivity index (χ1n) is 13.8. The lowest BCUT2D eigenvalue weighted by Gasteiger charge is -2.52. The molecule has 2 aromatic rings. The molecule has 38 heavy (non-hydrogen) atoms. The van der Waals surface area contributed by atoms with Gasteiger partial charge in [-0.1, -0.05) is 75.2 Å². The molecule has 208 valence electrons. The van der Waals surface area contributed by atoms with Gasteiger partial charge in [-0.3, -0.25) is 9.69 Å². The molecule has 1 saturated carbocycles. The lowest BCUT2D eigenvalue weighted by atomic mass is 9.67. The highest BCUT2D eigenvalue weighted by Crippen LogP contribution is 2.53. The fourth-order valence-electron chi connectivity index (χ4n) is 6.37. The topological polar surface area (TPSA) is 49.8 Å². The molecule has 2 aromatic carbocycles. The predicted octanol–water partition coefficient (Wildman–Crippen LogP) is 8.95. The van der Waals surface area contributed by atoms with Crippen LogP contribution in [0.1, 0.15) is 82.9 Å². The average Bonchev–Trinajstić information content (AvgIpc) is 3.25. The number of likely N-dealkylation sites (tertiary alicyclic amines) is 1. The van der Waals surface area contributed by atoms with Crippen LogP contribution in [-0.2, 0) is 9.22 Å². The Morgan fingerprint density at radius 3 is 2.37 bits per heavy atom. The van der Waals surface area contributed by atoms with Gasteiger partial charge in [0, 0.05) is 40.7 Å². The lowest BCUT2D eigenvalue weighted by Crippen LogP contribution is -2.51. The van der Waals surface area contributed by atoms with Gasteiger partial charge in [-0.25, -0.2) is 0 Å². The Morgan fingerprint density at radius 1 is 1.08 bits per heavy atom. The number of aliphatic carboxylic acids is 1. The maximum absolute atomic E-state index is 12.0. The number of nitrogens with zero attached hydrogens (tertiary/aromatic N) is 1. The molecule has 1 N–H and O–H groups in total. The SMILES string of the molecule is CC1(CC(=O)O)C[C@H](c2cccc(Cl)c2)[C@@H](c2ccc(Cl)cc2)N(C2CCC(O[Si](C)(C)C(C)(C)C)C2)C1. The number of carboxylic acid groups (broad SMARTS) is 1. The highest BCUT2D eigenvalue weighted by atomic mass is 35.5. The third kappa shape index (κ3) is 6.67. The third-order valence-corrected chi connectivity index (χ3v) is 14.2. The van der Waals surface area contributed by atoms with Crippen LogP contribution >= 0.6 is 23.2 Å². The molecule has 1 saturated heterocycles. The number of rotatable bonds is 7. The molecule has 0 spiro atoms. The number of hydrogen-bond acceptors (Lipinski definition) is 3. The van der Waals surface area contributed by atoms with Crippen LogP contribution in [0.25, 0.3) is 0 Å². The average molecular weight is 577 g/mol. The van der Waals surface area contributed by atoms with E-state index in [0.29, 0.717) is 11.1 Å². The van der Waals surface area contributed by atoms with Crippen LogP contribution in [0.5, 0.6) is 0 Å². The number of carboxylic acids is 1. The summed E-state index contributed by atoms with van der Waals surface area (Å²) in [6, 6.07) is 16.7. The van der Waals surface area contributed by atoms with Crippen molar-refractivity contribution < 1.29 is 14.3 Å². The van der Waals surface area contributed by atoms with Gasteiger partial charge in [0.05, 0.1) is 6.42 Å². The quantitative estimate of drug-likeness (QED) is 0.334. The summed E-state index contributed by atoms with van der Waals surface area (Å²) in [5.41, 5.74) is 2.01. The number of benzene rings is 2. The Kier molecular flexibility index (Phi) is 8.76. The highest BCUT2D eigenvalue weighted by molar-refractivity contribution is 6.74. The number of hydrogen-bond donors (Lipinski definition) is 1. The maximum atomic E-state index is 12.0. The molecule has 2 aliphatic rings. The van der Waals surface area contributed by atoms with Crippen molar-refractivity contribution in [1.82, 2.24) is 4.90 Å². The number of carbonyl (C=O) groups is 1. The molecule has 2 fully saturated rings. The zero-order valence-corrected chi connectivity index (χ0v) is 26.1. The summed E-state index contributed by atoms with van der Waals surface area (Å²) >= 11 is 12.8. The van der Waals surface area contributed by atoms with Gasteiger partial charge < -0.3 is 9.53 Å². The summed E-state index contributed by atoms with van der Waals surface area (Å²) in [7, 11) is -1.88. The van der Waals surface area contributed by atoms with E-state index in [2.05, 4.69) is 70.0 Å². The molecule has 0 aromatic heterocycles. The van der Waals surface area contributed by atoms with Crippen molar-refractivity contribution in [3.8, 4) is 0 Å². The fourth-order valence-corrected chi connectivity index (χ4v) is 8.09. The minimum absolute atomic E-state index is 0.101. The number of piperidine rings is 1. The van der Waals surface area contributed by atoms with Crippen molar-refractivity contribution in [1.29, 1.82) is 0 Å². The van der Waals surface area contributed by atoms with Gasteiger partial charge in [-0.2, -0.15) is 0 Å². The molecule has 0 bridgehead atoms. The van der Waals surface area contributed by atoms with Crippen LogP contribution in [0.2, 0.25) is 28.2 Å². The minimum atomic E-state index is -1.88. The Balaban J connectivity index is 1.73. The van der Waals surface area contributed by atoms with E-state index in [4.69, 9.17) is 27.6 Å². The number of halogens is 2. The summed E-state index contributed by atoms with van der Waals surface area (Å²) in [5, 5.41) is 11.5. The zero-order chi connectivity index (χ0) is 27.9. The van der Waals surface area contributed by atoms with Crippen molar-refractivity contribution in [3.63, 3.8) is 0 Å². The predicted molar refractivity (Wildman–Crippen MR) is 160 cm³/mol. The first-order chi connectivity index (χ1) is 17.7. The van der Waals surface area contributed by atoms with Gasteiger partial charge in [0.15, 0.2) is 8.32 Å². The molecule has 0 radical (unpaired) electrons. The summed E-state index contributed by atoms with van der Waals surface area (Å²) in [5.74, 6) is -0.638. The molecular formula is C31H43Cl2NO3Si. The van der Waals surface area contributed by atoms with Gasteiger partial charge >= 0.3 is 5.97 Å². The smallest absolute Gasteiger partial charge is 0.303 e. The Hall–Kier alpha value is -1.37. The van der Waals surface area contributed by atoms with Crippen molar-refractivity contribution >= 4 is 37.5 Å². The molecular weight excluding hydrogens is 533 g/mol. The maximum Gasteiger partial charge on any atom is 0.303 e. The van der Waals surface area contributed by atoms with Crippen LogP contribution in [0.15, 0.2) is 48.5 Å². The van der Waals surface area contributed by atoms with E-state index < -0.39 is 14.3 Å². The molecule has 4 rings (SSSR count). The molecule has 1 heterocycles. The van der Waals surface area contributed by atoms with E-state index >= 15 is 0 Å². The molecule has 1 aliphatic carbocycles.